The number of hydrogen-bond acceptors (Lipinski definition) is 2. The molecule has 0 heterocycles. The van der Waals surface area contributed by atoms with E-state index in [1.54, 1.807) is 24.3 Å². The van der Waals surface area contributed by atoms with E-state index in [4.69, 9.17) is 0 Å². The summed E-state index contributed by atoms with van der Waals surface area (Å²) in [6.07, 6.45) is 7.02. The SMILES string of the molecule is C=C/C=C(\C=C/C)C(=O)NCCC(C)=O.CC.CC. The zero-order valence-electron chi connectivity index (χ0n) is 13.2. The van der Waals surface area contributed by atoms with Gasteiger partial charge in [0.2, 0.25) is 0 Å². The minimum absolute atomic E-state index is 0.0654. The maximum absolute atomic E-state index is 11.5. The maximum Gasteiger partial charge on any atom is 0.251 e. The number of Topliss-reactive ketones (excluding diaryl/α,β-unsaturated/α-hetero) is 1. The van der Waals surface area contributed by atoms with Gasteiger partial charge < -0.3 is 5.32 Å². The molecule has 3 heteroatoms. The van der Waals surface area contributed by atoms with Gasteiger partial charge in [-0.3, -0.25) is 9.59 Å². The number of carbonyl (C=O) groups is 2. The Hall–Kier alpha value is -1.64. The smallest absolute Gasteiger partial charge is 0.251 e. The van der Waals surface area contributed by atoms with E-state index in [0.717, 1.165) is 0 Å². The van der Waals surface area contributed by atoms with Gasteiger partial charge in [-0.05, 0) is 13.8 Å². The van der Waals surface area contributed by atoms with Crippen LogP contribution in [0.2, 0.25) is 0 Å². The average Bonchev–Trinajstić information content (AvgIpc) is 2.42. The van der Waals surface area contributed by atoms with E-state index in [1.165, 1.54) is 6.92 Å². The zero-order chi connectivity index (χ0) is 15.7. The van der Waals surface area contributed by atoms with Gasteiger partial charge in [-0.15, -0.1) is 0 Å². The van der Waals surface area contributed by atoms with Gasteiger partial charge in [-0.25, -0.2) is 0 Å². The summed E-state index contributed by atoms with van der Waals surface area (Å²) in [6.45, 7) is 15.2. The molecule has 0 rings (SSSR count). The van der Waals surface area contributed by atoms with Crippen molar-refractivity contribution in [1.29, 1.82) is 0 Å². The van der Waals surface area contributed by atoms with Crippen LogP contribution in [0.4, 0.5) is 0 Å². The second-order valence-electron chi connectivity index (χ2n) is 3.07. The second-order valence-corrected chi connectivity index (χ2v) is 3.07. The van der Waals surface area contributed by atoms with E-state index in [-0.39, 0.29) is 11.7 Å². The lowest BCUT2D eigenvalue weighted by atomic mass is 10.2. The number of rotatable bonds is 6. The molecule has 3 nitrogen and oxygen atoms in total. The predicted octanol–water partition coefficient (Wildman–Crippen LogP) is 3.82. The van der Waals surface area contributed by atoms with Crippen LogP contribution in [0.1, 0.15) is 48.0 Å². The Morgan fingerprint density at radius 2 is 1.68 bits per heavy atom. The van der Waals surface area contributed by atoms with Crippen molar-refractivity contribution in [2.75, 3.05) is 6.54 Å². The molecule has 0 aliphatic carbocycles. The molecular formula is C16H29NO2. The molecular weight excluding hydrogens is 238 g/mol. The highest BCUT2D eigenvalue weighted by Gasteiger charge is 2.04. The van der Waals surface area contributed by atoms with Gasteiger partial charge in [-0.2, -0.15) is 0 Å². The summed E-state index contributed by atoms with van der Waals surface area (Å²) in [4.78, 5) is 22.2. The molecule has 0 saturated carbocycles. The van der Waals surface area contributed by atoms with Crippen LogP contribution >= 0.6 is 0 Å². The predicted molar refractivity (Wildman–Crippen MR) is 84.1 cm³/mol. The number of nitrogens with one attached hydrogen (secondary N) is 1. The Morgan fingerprint density at radius 1 is 1.16 bits per heavy atom. The summed E-state index contributed by atoms with van der Waals surface area (Å²) in [5.41, 5.74) is 0.538. The standard InChI is InChI=1S/C12H17NO2.2C2H6/c1-4-6-11(7-5-2)12(15)13-9-8-10(3)14;2*1-2/h4-7H,1,8-9H2,2-3H3,(H,13,15);2*1-2H3/b7-5-,11-6+;;. The third-order valence-corrected chi connectivity index (χ3v) is 1.67. The molecule has 0 radical (unpaired) electrons. The monoisotopic (exact) mass is 267 g/mol. The summed E-state index contributed by atoms with van der Waals surface area (Å²) in [6, 6.07) is 0. The van der Waals surface area contributed by atoms with Crippen LogP contribution in [0.3, 0.4) is 0 Å². The first kappa shape index (κ1) is 22.5. The van der Waals surface area contributed by atoms with E-state index >= 15 is 0 Å². The summed E-state index contributed by atoms with van der Waals surface area (Å²) in [5.74, 6) is -0.121. The Morgan fingerprint density at radius 3 is 2.05 bits per heavy atom. The van der Waals surface area contributed by atoms with Gasteiger partial charge in [0.15, 0.2) is 0 Å². The first-order valence-corrected chi connectivity index (χ1v) is 6.84. The molecule has 0 spiro atoms. The third-order valence-electron chi connectivity index (χ3n) is 1.67. The van der Waals surface area contributed by atoms with Crippen molar-refractivity contribution >= 4 is 11.7 Å². The third kappa shape index (κ3) is 16.4. The first-order valence-electron chi connectivity index (χ1n) is 6.84. The first-order chi connectivity index (χ1) is 9.11. The highest BCUT2D eigenvalue weighted by atomic mass is 16.1. The lowest BCUT2D eigenvalue weighted by Gasteiger charge is -2.03. The fraction of sp³-hybridized carbons (Fsp3) is 0.500. The highest BCUT2D eigenvalue weighted by molar-refractivity contribution is 5.96. The lowest BCUT2D eigenvalue weighted by Crippen LogP contribution is -2.26. The van der Waals surface area contributed by atoms with Crippen molar-refractivity contribution in [2.45, 2.75) is 48.0 Å². The molecule has 0 fully saturated rings. The molecule has 0 atom stereocenters. The molecule has 1 amide bonds. The highest BCUT2D eigenvalue weighted by Crippen LogP contribution is 1.97. The van der Waals surface area contributed by atoms with Crippen molar-refractivity contribution in [3.05, 3.63) is 36.5 Å². The summed E-state index contributed by atoms with van der Waals surface area (Å²) in [5, 5.41) is 2.66. The number of ketones is 1. The van der Waals surface area contributed by atoms with Gasteiger partial charge in [0, 0.05) is 18.5 Å². The Labute approximate surface area is 118 Å². The van der Waals surface area contributed by atoms with Crippen LogP contribution in [-0.2, 0) is 9.59 Å². The lowest BCUT2D eigenvalue weighted by molar-refractivity contribution is -0.118. The second kappa shape index (κ2) is 18.7. The van der Waals surface area contributed by atoms with Gasteiger partial charge in [0.25, 0.3) is 5.91 Å². The van der Waals surface area contributed by atoms with Gasteiger partial charge in [0.05, 0.1) is 0 Å². The molecule has 1 N–H and O–H groups in total. The number of carbonyl (C=O) groups excluding carboxylic acids is 2. The Balaban J connectivity index is -0.000000579. The fourth-order valence-corrected chi connectivity index (χ4v) is 0.968. The fourth-order valence-electron chi connectivity index (χ4n) is 0.968. The van der Waals surface area contributed by atoms with Gasteiger partial charge >= 0.3 is 0 Å². The largest absolute Gasteiger partial charge is 0.352 e. The molecule has 0 saturated heterocycles. The molecule has 0 aliphatic rings. The molecule has 110 valence electrons. The van der Waals surface area contributed by atoms with Crippen LogP contribution in [-0.4, -0.2) is 18.2 Å². The molecule has 19 heavy (non-hydrogen) atoms. The zero-order valence-corrected chi connectivity index (χ0v) is 13.2. The minimum atomic E-state index is -0.186. The van der Waals surface area contributed by atoms with Crippen molar-refractivity contribution in [3.63, 3.8) is 0 Å². The van der Waals surface area contributed by atoms with Gasteiger partial charge in [0.1, 0.15) is 5.78 Å². The van der Waals surface area contributed by atoms with E-state index in [1.807, 2.05) is 34.6 Å². The summed E-state index contributed by atoms with van der Waals surface area (Å²) in [7, 11) is 0. The molecule has 0 unspecified atom stereocenters. The molecule has 0 aromatic carbocycles. The Bertz CT molecular complexity index is 302. The molecule has 0 bridgehead atoms. The molecule has 0 aromatic heterocycles. The molecule has 0 aromatic rings. The van der Waals surface area contributed by atoms with E-state index in [0.29, 0.717) is 18.5 Å². The minimum Gasteiger partial charge on any atom is -0.352 e. The van der Waals surface area contributed by atoms with Crippen molar-refractivity contribution in [2.24, 2.45) is 0 Å². The summed E-state index contributed by atoms with van der Waals surface area (Å²) >= 11 is 0. The number of amides is 1. The van der Waals surface area contributed by atoms with Crippen LogP contribution in [0.5, 0.6) is 0 Å². The topological polar surface area (TPSA) is 46.2 Å². The van der Waals surface area contributed by atoms with E-state index in [9.17, 15) is 9.59 Å². The van der Waals surface area contributed by atoms with Crippen molar-refractivity contribution < 1.29 is 9.59 Å². The Kier molecular flexibility index (Phi) is 22.2. The quantitative estimate of drug-likeness (QED) is 0.587. The van der Waals surface area contributed by atoms with Crippen molar-refractivity contribution in [3.8, 4) is 0 Å². The van der Waals surface area contributed by atoms with E-state index in [2.05, 4.69) is 11.9 Å². The van der Waals surface area contributed by atoms with Gasteiger partial charge in [-0.1, -0.05) is 58.6 Å². The molecule has 0 aliphatic heterocycles. The number of allylic oxidation sites excluding steroid dienone is 3. The van der Waals surface area contributed by atoms with E-state index < -0.39 is 0 Å². The van der Waals surface area contributed by atoms with Crippen molar-refractivity contribution in [1.82, 2.24) is 5.32 Å². The van der Waals surface area contributed by atoms with Crippen LogP contribution in [0.15, 0.2) is 36.5 Å². The van der Waals surface area contributed by atoms with Crippen LogP contribution in [0, 0.1) is 0 Å². The maximum atomic E-state index is 11.5. The van der Waals surface area contributed by atoms with Crippen LogP contribution in [0.25, 0.3) is 0 Å². The summed E-state index contributed by atoms with van der Waals surface area (Å²) < 4.78 is 0. The average molecular weight is 267 g/mol. The normalized spacial score (nSPS) is 9.68. The van der Waals surface area contributed by atoms with Crippen LogP contribution < -0.4 is 5.32 Å². The number of hydrogen-bond donors (Lipinski definition) is 1.